The molecule has 0 saturated carbocycles. The lowest BCUT2D eigenvalue weighted by Gasteiger charge is -2.15. The van der Waals surface area contributed by atoms with E-state index in [4.69, 9.17) is 5.73 Å². The molecule has 1 atom stereocenters. The van der Waals surface area contributed by atoms with Crippen molar-refractivity contribution >= 4 is 23.2 Å². The minimum absolute atomic E-state index is 0.135. The molecule has 3 rings (SSSR count). The van der Waals surface area contributed by atoms with E-state index >= 15 is 0 Å². The van der Waals surface area contributed by atoms with Gasteiger partial charge in [-0.15, -0.1) is 11.3 Å². The van der Waals surface area contributed by atoms with Gasteiger partial charge in [0.2, 0.25) is 11.9 Å². The summed E-state index contributed by atoms with van der Waals surface area (Å²) in [5, 5.41) is 9.31. The van der Waals surface area contributed by atoms with Crippen molar-refractivity contribution in [1.82, 2.24) is 29.7 Å². The molecule has 0 radical (unpaired) electrons. The van der Waals surface area contributed by atoms with Gasteiger partial charge in [-0.05, 0) is 17.9 Å². The summed E-state index contributed by atoms with van der Waals surface area (Å²) in [5.74, 6) is 0.899. The summed E-state index contributed by atoms with van der Waals surface area (Å²) in [6, 6.07) is 4.23. The molecule has 9 heteroatoms. The summed E-state index contributed by atoms with van der Waals surface area (Å²) < 4.78 is 1.44. The zero-order valence-corrected chi connectivity index (χ0v) is 12.2. The number of anilines is 2. The lowest BCUT2D eigenvalue weighted by molar-refractivity contribution is 0.740. The SMILES string of the molecule is CCC(Nc1nc(N)nc(-n2cncn2)n1)c1cccs1. The standard InChI is InChI=1S/C12H14N8S/c1-2-8(9-4-3-5-21-9)16-11-17-10(13)18-12(19-11)20-7-14-6-15-20/h3-8H,2H2,1H3,(H3,13,16,17,18,19). The molecule has 3 aromatic rings. The summed E-state index contributed by atoms with van der Waals surface area (Å²) in [5.41, 5.74) is 5.74. The first-order chi connectivity index (χ1) is 10.3. The Bertz CT molecular complexity index is 694. The third kappa shape index (κ3) is 2.97. The molecule has 21 heavy (non-hydrogen) atoms. The van der Waals surface area contributed by atoms with Crippen molar-refractivity contribution in [2.75, 3.05) is 11.1 Å². The smallest absolute Gasteiger partial charge is 0.258 e. The van der Waals surface area contributed by atoms with Crippen LogP contribution in [-0.4, -0.2) is 29.7 Å². The van der Waals surface area contributed by atoms with Gasteiger partial charge < -0.3 is 11.1 Å². The summed E-state index contributed by atoms with van der Waals surface area (Å²) in [4.78, 5) is 17.6. The largest absolute Gasteiger partial charge is 0.368 e. The quantitative estimate of drug-likeness (QED) is 0.738. The Kier molecular flexibility index (Phi) is 3.73. The normalized spacial score (nSPS) is 12.2. The highest BCUT2D eigenvalue weighted by Gasteiger charge is 2.13. The number of aromatic nitrogens is 6. The van der Waals surface area contributed by atoms with Crippen molar-refractivity contribution < 1.29 is 0 Å². The van der Waals surface area contributed by atoms with Gasteiger partial charge in [0.25, 0.3) is 5.95 Å². The second-order valence-corrected chi connectivity index (χ2v) is 5.26. The Labute approximate surface area is 125 Å². The summed E-state index contributed by atoms with van der Waals surface area (Å²) in [7, 11) is 0. The van der Waals surface area contributed by atoms with Crippen molar-refractivity contribution in [3.63, 3.8) is 0 Å². The fraction of sp³-hybridized carbons (Fsp3) is 0.250. The van der Waals surface area contributed by atoms with Crippen LogP contribution in [0.1, 0.15) is 24.3 Å². The minimum atomic E-state index is 0.135. The molecule has 0 fully saturated rings. The maximum Gasteiger partial charge on any atom is 0.258 e. The second kappa shape index (κ2) is 5.83. The first kappa shape index (κ1) is 13.4. The fourth-order valence-electron chi connectivity index (χ4n) is 1.88. The van der Waals surface area contributed by atoms with Crippen molar-refractivity contribution in [2.24, 2.45) is 0 Å². The molecule has 0 amide bonds. The van der Waals surface area contributed by atoms with Gasteiger partial charge in [-0.25, -0.2) is 4.98 Å². The van der Waals surface area contributed by atoms with Gasteiger partial charge in [-0.2, -0.15) is 24.7 Å². The van der Waals surface area contributed by atoms with Crippen LogP contribution in [-0.2, 0) is 0 Å². The molecule has 108 valence electrons. The van der Waals surface area contributed by atoms with Gasteiger partial charge >= 0.3 is 0 Å². The molecule has 0 aliphatic carbocycles. The minimum Gasteiger partial charge on any atom is -0.368 e. The number of nitrogen functional groups attached to an aromatic ring is 1. The first-order valence-corrected chi connectivity index (χ1v) is 7.30. The highest BCUT2D eigenvalue weighted by Crippen LogP contribution is 2.25. The molecule has 1 unspecified atom stereocenters. The fourth-order valence-corrected chi connectivity index (χ4v) is 2.74. The average molecular weight is 302 g/mol. The van der Waals surface area contributed by atoms with Crippen LogP contribution in [0.2, 0.25) is 0 Å². The lowest BCUT2D eigenvalue weighted by Crippen LogP contribution is -2.14. The van der Waals surface area contributed by atoms with Crippen LogP contribution in [0, 0.1) is 0 Å². The number of rotatable bonds is 5. The van der Waals surface area contributed by atoms with Crippen LogP contribution in [0.4, 0.5) is 11.9 Å². The molecule has 0 bridgehead atoms. The number of nitrogens with zero attached hydrogens (tertiary/aromatic N) is 6. The summed E-state index contributed by atoms with van der Waals surface area (Å²) in [6.45, 7) is 2.10. The Hall–Kier alpha value is -2.55. The van der Waals surface area contributed by atoms with Crippen LogP contribution >= 0.6 is 11.3 Å². The van der Waals surface area contributed by atoms with Crippen LogP contribution in [0.5, 0.6) is 0 Å². The zero-order valence-electron chi connectivity index (χ0n) is 11.3. The van der Waals surface area contributed by atoms with Gasteiger partial charge in [-0.1, -0.05) is 13.0 Å². The third-order valence-corrected chi connectivity index (χ3v) is 3.85. The van der Waals surface area contributed by atoms with Crippen molar-refractivity contribution in [3.05, 3.63) is 35.0 Å². The number of hydrogen-bond donors (Lipinski definition) is 2. The van der Waals surface area contributed by atoms with Crippen molar-refractivity contribution in [1.29, 1.82) is 0 Å². The van der Waals surface area contributed by atoms with E-state index in [1.807, 2.05) is 11.4 Å². The Morgan fingerprint density at radius 1 is 1.38 bits per heavy atom. The van der Waals surface area contributed by atoms with E-state index in [0.29, 0.717) is 11.9 Å². The van der Waals surface area contributed by atoms with E-state index in [9.17, 15) is 0 Å². The highest BCUT2D eigenvalue weighted by atomic mass is 32.1. The molecule has 0 aliphatic heterocycles. The average Bonchev–Trinajstić information content (AvgIpc) is 3.16. The molecule has 0 aromatic carbocycles. The third-order valence-electron chi connectivity index (χ3n) is 2.86. The first-order valence-electron chi connectivity index (χ1n) is 6.42. The van der Waals surface area contributed by atoms with Gasteiger partial charge in [0.05, 0.1) is 6.04 Å². The molecule has 0 spiro atoms. The van der Waals surface area contributed by atoms with E-state index in [-0.39, 0.29) is 12.0 Å². The Morgan fingerprint density at radius 3 is 2.95 bits per heavy atom. The van der Waals surface area contributed by atoms with Crippen molar-refractivity contribution in [2.45, 2.75) is 19.4 Å². The maximum atomic E-state index is 5.74. The van der Waals surface area contributed by atoms with E-state index in [1.165, 1.54) is 22.2 Å². The van der Waals surface area contributed by atoms with Gasteiger partial charge in [-0.3, -0.25) is 0 Å². The van der Waals surface area contributed by atoms with Crippen LogP contribution in [0.15, 0.2) is 30.2 Å². The summed E-state index contributed by atoms with van der Waals surface area (Å²) in [6.07, 6.45) is 3.83. The van der Waals surface area contributed by atoms with Crippen molar-refractivity contribution in [3.8, 4) is 5.95 Å². The van der Waals surface area contributed by atoms with Gasteiger partial charge in [0.1, 0.15) is 12.7 Å². The molecule has 3 aromatic heterocycles. The van der Waals surface area contributed by atoms with E-state index in [1.54, 1.807) is 11.3 Å². The van der Waals surface area contributed by atoms with Gasteiger partial charge in [0.15, 0.2) is 0 Å². The lowest BCUT2D eigenvalue weighted by atomic mass is 10.2. The molecule has 3 heterocycles. The second-order valence-electron chi connectivity index (χ2n) is 4.28. The molecular formula is C12H14N8S. The van der Waals surface area contributed by atoms with E-state index in [0.717, 1.165) is 6.42 Å². The molecule has 0 aliphatic rings. The van der Waals surface area contributed by atoms with Gasteiger partial charge in [0, 0.05) is 4.88 Å². The topological polar surface area (TPSA) is 107 Å². The van der Waals surface area contributed by atoms with Crippen LogP contribution in [0.3, 0.4) is 0 Å². The predicted octanol–water partition coefficient (Wildman–Crippen LogP) is 1.66. The van der Waals surface area contributed by atoms with E-state index < -0.39 is 0 Å². The molecule has 0 saturated heterocycles. The van der Waals surface area contributed by atoms with E-state index in [2.05, 4.69) is 43.3 Å². The number of thiophene rings is 1. The molecule has 3 N–H and O–H groups in total. The monoisotopic (exact) mass is 302 g/mol. The van der Waals surface area contributed by atoms with Crippen LogP contribution in [0.25, 0.3) is 5.95 Å². The molecule has 8 nitrogen and oxygen atoms in total. The number of nitrogens with two attached hydrogens (primary N) is 1. The van der Waals surface area contributed by atoms with Crippen LogP contribution < -0.4 is 11.1 Å². The maximum absolute atomic E-state index is 5.74. The zero-order chi connectivity index (χ0) is 14.7. The predicted molar refractivity (Wildman–Crippen MR) is 80.1 cm³/mol. The Morgan fingerprint density at radius 2 is 2.29 bits per heavy atom. The molecular weight excluding hydrogens is 288 g/mol. The summed E-state index contributed by atoms with van der Waals surface area (Å²) >= 11 is 1.69. The number of nitrogens with one attached hydrogen (secondary N) is 1. The highest BCUT2D eigenvalue weighted by molar-refractivity contribution is 7.10. The Balaban J connectivity index is 1.88. The number of hydrogen-bond acceptors (Lipinski definition) is 8.